The lowest BCUT2D eigenvalue weighted by Crippen LogP contribution is -2.21. The number of rotatable bonds is 3. The molecule has 0 fully saturated rings. The van der Waals surface area contributed by atoms with Gasteiger partial charge in [0.2, 0.25) is 0 Å². The lowest BCUT2D eigenvalue weighted by Gasteiger charge is -2.09. The van der Waals surface area contributed by atoms with Gasteiger partial charge in [0, 0.05) is 5.56 Å². The van der Waals surface area contributed by atoms with Gasteiger partial charge in [0.25, 0.3) is 0 Å². The van der Waals surface area contributed by atoms with Crippen LogP contribution < -0.4 is 10.5 Å². The number of carboxylic acid groups (broad SMARTS) is 1. The SMILES string of the molecule is COc1ccc(F)c(C(N)C(=O)O)c1. The molecular weight excluding hydrogens is 189 g/mol. The number of hydrogen-bond acceptors (Lipinski definition) is 3. The molecule has 14 heavy (non-hydrogen) atoms. The van der Waals surface area contributed by atoms with Crippen molar-refractivity contribution in [2.45, 2.75) is 6.04 Å². The molecule has 1 aromatic carbocycles. The van der Waals surface area contributed by atoms with Gasteiger partial charge in [-0.1, -0.05) is 0 Å². The van der Waals surface area contributed by atoms with Gasteiger partial charge in [0.1, 0.15) is 17.6 Å². The van der Waals surface area contributed by atoms with E-state index in [1.54, 1.807) is 0 Å². The lowest BCUT2D eigenvalue weighted by molar-refractivity contribution is -0.138. The van der Waals surface area contributed by atoms with Crippen LogP contribution in [-0.2, 0) is 4.79 Å². The molecule has 3 N–H and O–H groups in total. The highest BCUT2D eigenvalue weighted by Gasteiger charge is 2.18. The third kappa shape index (κ3) is 2.00. The Hall–Kier alpha value is -1.62. The topological polar surface area (TPSA) is 72.5 Å². The molecule has 0 aromatic heterocycles. The summed E-state index contributed by atoms with van der Waals surface area (Å²) in [5.74, 6) is -1.56. The fourth-order valence-corrected chi connectivity index (χ4v) is 1.02. The third-order valence-corrected chi connectivity index (χ3v) is 1.80. The molecule has 0 aliphatic heterocycles. The van der Waals surface area contributed by atoms with E-state index in [0.29, 0.717) is 5.75 Å². The highest BCUT2D eigenvalue weighted by atomic mass is 19.1. The zero-order valence-electron chi connectivity index (χ0n) is 7.53. The first kappa shape index (κ1) is 10.5. The maximum absolute atomic E-state index is 13.1. The van der Waals surface area contributed by atoms with Crippen molar-refractivity contribution in [2.24, 2.45) is 5.73 Å². The van der Waals surface area contributed by atoms with E-state index < -0.39 is 17.8 Å². The Labute approximate surface area is 80.1 Å². The van der Waals surface area contributed by atoms with Gasteiger partial charge in [0.15, 0.2) is 0 Å². The van der Waals surface area contributed by atoms with Gasteiger partial charge in [-0.2, -0.15) is 0 Å². The average molecular weight is 199 g/mol. The molecule has 0 aliphatic rings. The average Bonchev–Trinajstić information content (AvgIpc) is 2.17. The molecule has 0 saturated carbocycles. The summed E-state index contributed by atoms with van der Waals surface area (Å²) in [4.78, 5) is 10.5. The van der Waals surface area contributed by atoms with E-state index in [0.717, 1.165) is 6.07 Å². The summed E-state index contributed by atoms with van der Waals surface area (Å²) < 4.78 is 17.9. The van der Waals surface area contributed by atoms with Crippen LogP contribution >= 0.6 is 0 Å². The van der Waals surface area contributed by atoms with Crippen molar-refractivity contribution < 1.29 is 19.0 Å². The number of methoxy groups -OCH3 is 1. The van der Waals surface area contributed by atoms with E-state index in [4.69, 9.17) is 15.6 Å². The molecule has 0 bridgehead atoms. The number of aliphatic carboxylic acids is 1. The Morgan fingerprint density at radius 2 is 2.29 bits per heavy atom. The van der Waals surface area contributed by atoms with E-state index in [-0.39, 0.29) is 5.56 Å². The minimum Gasteiger partial charge on any atom is -0.497 e. The summed E-state index contributed by atoms with van der Waals surface area (Å²) >= 11 is 0. The van der Waals surface area contributed by atoms with Crippen LogP contribution in [0.15, 0.2) is 18.2 Å². The Bertz CT molecular complexity index is 354. The molecule has 0 aliphatic carbocycles. The molecule has 1 atom stereocenters. The quantitative estimate of drug-likeness (QED) is 0.759. The number of nitrogens with two attached hydrogens (primary N) is 1. The normalized spacial score (nSPS) is 12.2. The van der Waals surface area contributed by atoms with Crippen molar-refractivity contribution >= 4 is 5.97 Å². The van der Waals surface area contributed by atoms with Crippen LogP contribution in [-0.4, -0.2) is 18.2 Å². The van der Waals surface area contributed by atoms with Gasteiger partial charge >= 0.3 is 5.97 Å². The molecule has 0 heterocycles. The third-order valence-electron chi connectivity index (χ3n) is 1.80. The van der Waals surface area contributed by atoms with Crippen molar-refractivity contribution in [1.29, 1.82) is 0 Å². The second-order valence-electron chi connectivity index (χ2n) is 2.70. The maximum Gasteiger partial charge on any atom is 0.325 e. The first-order valence-electron chi connectivity index (χ1n) is 3.88. The zero-order chi connectivity index (χ0) is 10.7. The monoisotopic (exact) mass is 199 g/mol. The molecule has 0 amide bonds. The largest absolute Gasteiger partial charge is 0.497 e. The van der Waals surface area contributed by atoms with Gasteiger partial charge in [-0.25, -0.2) is 4.39 Å². The highest BCUT2D eigenvalue weighted by molar-refractivity contribution is 5.75. The Balaban J connectivity index is 3.11. The predicted molar refractivity (Wildman–Crippen MR) is 47.5 cm³/mol. The standard InChI is InChI=1S/C9H10FNO3/c1-14-5-2-3-7(10)6(4-5)8(11)9(12)13/h2-4,8H,11H2,1H3,(H,12,13). The molecule has 0 radical (unpaired) electrons. The number of carboxylic acids is 1. The van der Waals surface area contributed by atoms with Crippen LogP contribution in [0.1, 0.15) is 11.6 Å². The Morgan fingerprint density at radius 1 is 1.64 bits per heavy atom. The molecular formula is C9H10FNO3. The van der Waals surface area contributed by atoms with Crippen molar-refractivity contribution in [3.05, 3.63) is 29.6 Å². The fourth-order valence-electron chi connectivity index (χ4n) is 1.02. The van der Waals surface area contributed by atoms with Crippen LogP contribution in [0.25, 0.3) is 0 Å². The van der Waals surface area contributed by atoms with Gasteiger partial charge < -0.3 is 15.6 Å². The van der Waals surface area contributed by atoms with Gasteiger partial charge in [-0.3, -0.25) is 4.79 Å². The number of ether oxygens (including phenoxy) is 1. The zero-order valence-corrected chi connectivity index (χ0v) is 7.53. The first-order valence-corrected chi connectivity index (χ1v) is 3.88. The van der Waals surface area contributed by atoms with E-state index >= 15 is 0 Å². The summed E-state index contributed by atoms with van der Waals surface area (Å²) in [5, 5.41) is 8.59. The fraction of sp³-hybridized carbons (Fsp3) is 0.222. The molecule has 1 unspecified atom stereocenters. The maximum atomic E-state index is 13.1. The van der Waals surface area contributed by atoms with Crippen molar-refractivity contribution in [3.8, 4) is 5.75 Å². The lowest BCUT2D eigenvalue weighted by atomic mass is 10.1. The Morgan fingerprint density at radius 3 is 2.79 bits per heavy atom. The molecule has 1 rings (SSSR count). The Kier molecular flexibility index (Phi) is 3.03. The minimum absolute atomic E-state index is 0.0862. The van der Waals surface area contributed by atoms with Crippen molar-refractivity contribution in [2.75, 3.05) is 7.11 Å². The van der Waals surface area contributed by atoms with Gasteiger partial charge in [-0.05, 0) is 18.2 Å². The summed E-state index contributed by atoms with van der Waals surface area (Å²) in [5.41, 5.74) is 5.18. The summed E-state index contributed by atoms with van der Waals surface area (Å²) in [6.45, 7) is 0. The summed E-state index contributed by atoms with van der Waals surface area (Å²) in [6, 6.07) is 2.42. The van der Waals surface area contributed by atoms with E-state index in [9.17, 15) is 9.18 Å². The highest BCUT2D eigenvalue weighted by Crippen LogP contribution is 2.21. The summed E-state index contributed by atoms with van der Waals surface area (Å²) in [7, 11) is 1.41. The number of hydrogen-bond donors (Lipinski definition) is 2. The van der Waals surface area contributed by atoms with Crippen molar-refractivity contribution in [3.63, 3.8) is 0 Å². The number of benzene rings is 1. The molecule has 5 heteroatoms. The molecule has 0 saturated heterocycles. The van der Waals surface area contributed by atoms with Crippen LogP contribution in [0.5, 0.6) is 5.75 Å². The number of halogens is 1. The molecule has 1 aromatic rings. The molecule has 4 nitrogen and oxygen atoms in total. The smallest absolute Gasteiger partial charge is 0.325 e. The molecule has 0 spiro atoms. The van der Waals surface area contributed by atoms with E-state index in [1.807, 2.05) is 0 Å². The van der Waals surface area contributed by atoms with Crippen LogP contribution in [0, 0.1) is 5.82 Å². The minimum atomic E-state index is -1.37. The van der Waals surface area contributed by atoms with Crippen LogP contribution in [0.4, 0.5) is 4.39 Å². The molecule has 76 valence electrons. The van der Waals surface area contributed by atoms with Crippen LogP contribution in [0.3, 0.4) is 0 Å². The van der Waals surface area contributed by atoms with E-state index in [2.05, 4.69) is 0 Å². The van der Waals surface area contributed by atoms with Crippen molar-refractivity contribution in [1.82, 2.24) is 0 Å². The first-order chi connectivity index (χ1) is 6.56. The van der Waals surface area contributed by atoms with Gasteiger partial charge in [0.05, 0.1) is 7.11 Å². The van der Waals surface area contributed by atoms with Crippen LogP contribution in [0.2, 0.25) is 0 Å². The number of carbonyl (C=O) groups is 1. The summed E-state index contributed by atoms with van der Waals surface area (Å²) in [6.07, 6.45) is 0. The van der Waals surface area contributed by atoms with E-state index in [1.165, 1.54) is 19.2 Å². The predicted octanol–water partition coefficient (Wildman–Crippen LogP) is 0.919. The second-order valence-corrected chi connectivity index (χ2v) is 2.70. The second kappa shape index (κ2) is 4.06. The van der Waals surface area contributed by atoms with Gasteiger partial charge in [-0.15, -0.1) is 0 Å².